The second-order valence-electron chi connectivity index (χ2n) is 20.0. The monoisotopic (exact) mass is 1040 g/mol. The Morgan fingerprint density at radius 2 is 0.671 bits per heavy atom. The van der Waals surface area contributed by atoms with Gasteiger partial charge in [-0.1, -0.05) is 195 Å². The van der Waals surface area contributed by atoms with Crippen LogP contribution in [0.2, 0.25) is 0 Å². The molecule has 0 aromatic heterocycles. The summed E-state index contributed by atoms with van der Waals surface area (Å²) >= 11 is 0. The largest absolute Gasteiger partial charge is 0.310 e. The van der Waals surface area contributed by atoms with E-state index in [0.717, 1.165) is 68.8 Å². The van der Waals surface area contributed by atoms with Crippen molar-refractivity contribution in [2.75, 3.05) is 4.90 Å². The SMILES string of the molecule is C=Cc1ccc(C2(c3c(F)cc(F)cc3F)c3ccccc3-c3ccc(N(c4cccc(-c5cccc(-c6ccccc6)c5)c4)c4ccc5c(c4)[C@@](c4ccc(C=C)cc4)(c4c(F)cc(F)cc4F)c4ccccc4-5)cc32)cc1. The summed E-state index contributed by atoms with van der Waals surface area (Å²) in [7, 11) is 0. The third kappa shape index (κ3) is 7.63. The van der Waals surface area contributed by atoms with Crippen molar-refractivity contribution in [1.82, 2.24) is 0 Å². The normalized spacial score (nSPS) is 15.7. The van der Waals surface area contributed by atoms with Gasteiger partial charge in [-0.2, -0.15) is 0 Å². The second-order valence-corrected chi connectivity index (χ2v) is 20.0. The van der Waals surface area contributed by atoms with Gasteiger partial charge in [0, 0.05) is 52.5 Å². The Bertz CT molecular complexity index is 4000. The summed E-state index contributed by atoms with van der Waals surface area (Å²) in [6.07, 6.45) is 3.38. The van der Waals surface area contributed by atoms with Crippen LogP contribution in [0.3, 0.4) is 0 Å². The van der Waals surface area contributed by atoms with E-state index in [1.165, 1.54) is 0 Å². The Morgan fingerprint density at radius 3 is 1.13 bits per heavy atom. The van der Waals surface area contributed by atoms with Crippen LogP contribution in [-0.4, -0.2) is 0 Å². The topological polar surface area (TPSA) is 3.24 Å². The standard InChI is InChI=1S/C72H45F6N/c1-3-44-24-28-50(29-25-44)71(69-65(75)38-52(73)39-66(69)76)61-22-10-8-20-57(61)59-34-32-55(42-63(59)71)79(54-19-13-18-49(37-54)48-17-12-16-47(36-48)46-14-6-5-7-15-46)56-33-35-60-58-21-9-11-23-62(58)72(64(60)43-56,51-30-26-45(4-2)27-31-51)70-67(77)40-53(74)41-68(70)78/h3-43H,1-2H2/t71-,72?/m0/s1. The van der Waals surface area contributed by atoms with E-state index in [0.29, 0.717) is 61.6 Å². The van der Waals surface area contributed by atoms with Crippen molar-refractivity contribution in [3.8, 4) is 44.5 Å². The van der Waals surface area contributed by atoms with Crippen molar-refractivity contribution in [2.45, 2.75) is 10.8 Å². The van der Waals surface area contributed by atoms with E-state index < -0.39 is 45.7 Å². The number of hydrogen-bond donors (Lipinski definition) is 0. The summed E-state index contributed by atoms with van der Waals surface area (Å²) in [6.45, 7) is 7.90. The lowest BCUT2D eigenvalue weighted by Gasteiger charge is -2.36. The zero-order valence-corrected chi connectivity index (χ0v) is 42.3. The molecule has 79 heavy (non-hydrogen) atoms. The minimum atomic E-state index is -1.67. The highest BCUT2D eigenvalue weighted by Gasteiger charge is 2.51. The van der Waals surface area contributed by atoms with Crippen molar-refractivity contribution in [2.24, 2.45) is 0 Å². The van der Waals surface area contributed by atoms with E-state index in [2.05, 4.69) is 43.5 Å². The average Bonchev–Trinajstić information content (AvgIpc) is 3.44. The van der Waals surface area contributed by atoms with Crippen molar-refractivity contribution < 1.29 is 26.3 Å². The average molecular weight is 1040 g/mol. The predicted molar refractivity (Wildman–Crippen MR) is 307 cm³/mol. The van der Waals surface area contributed by atoms with Crippen LogP contribution < -0.4 is 4.90 Å². The Labute approximate surface area is 454 Å². The zero-order chi connectivity index (χ0) is 54.2. The molecule has 2 aliphatic rings. The number of halogens is 6. The molecule has 13 rings (SSSR count). The van der Waals surface area contributed by atoms with Gasteiger partial charge >= 0.3 is 0 Å². The minimum absolute atomic E-state index is 0.346. The minimum Gasteiger partial charge on any atom is -0.310 e. The number of hydrogen-bond acceptors (Lipinski definition) is 1. The molecule has 7 heteroatoms. The summed E-state index contributed by atoms with van der Waals surface area (Å²) in [5.74, 6) is -6.34. The van der Waals surface area contributed by atoms with Crippen LogP contribution in [-0.2, 0) is 10.8 Å². The van der Waals surface area contributed by atoms with Gasteiger partial charge in [-0.3, -0.25) is 0 Å². The van der Waals surface area contributed by atoms with Crippen molar-refractivity contribution in [3.63, 3.8) is 0 Å². The Kier molecular flexibility index (Phi) is 11.8. The van der Waals surface area contributed by atoms with Crippen LogP contribution in [0.15, 0.2) is 250 Å². The molecule has 0 saturated carbocycles. The summed E-state index contributed by atoms with van der Waals surface area (Å²) in [4.78, 5) is 2.03. The summed E-state index contributed by atoms with van der Waals surface area (Å²) in [6, 6.07) is 70.6. The van der Waals surface area contributed by atoms with Gasteiger partial charge in [0.1, 0.15) is 34.9 Å². The molecule has 0 radical (unpaired) electrons. The smallest absolute Gasteiger partial charge is 0.133 e. The summed E-state index contributed by atoms with van der Waals surface area (Å²) in [5.41, 5.74) is 9.40. The molecule has 0 heterocycles. The number of anilines is 3. The lowest BCUT2D eigenvalue weighted by Crippen LogP contribution is -2.32. The molecular formula is C72H45F6N. The summed E-state index contributed by atoms with van der Waals surface area (Å²) in [5, 5.41) is 0. The van der Waals surface area contributed by atoms with E-state index in [1.807, 2.05) is 187 Å². The van der Waals surface area contributed by atoms with Gasteiger partial charge in [0.25, 0.3) is 0 Å². The molecule has 2 aliphatic carbocycles. The molecule has 2 atom stereocenters. The van der Waals surface area contributed by atoms with E-state index in [1.54, 1.807) is 12.2 Å². The molecule has 11 aromatic rings. The molecule has 0 spiro atoms. The molecule has 0 aliphatic heterocycles. The highest BCUT2D eigenvalue weighted by Crippen LogP contribution is 2.61. The molecule has 0 fully saturated rings. The van der Waals surface area contributed by atoms with Crippen molar-refractivity contribution in [3.05, 3.63) is 340 Å². The van der Waals surface area contributed by atoms with E-state index in [-0.39, 0.29) is 11.1 Å². The first-order valence-corrected chi connectivity index (χ1v) is 25.8. The fourth-order valence-electron chi connectivity index (χ4n) is 12.6. The molecular weight excluding hydrogens is 993 g/mol. The molecule has 1 unspecified atom stereocenters. The van der Waals surface area contributed by atoms with Crippen LogP contribution in [0, 0.1) is 34.9 Å². The molecule has 0 saturated heterocycles. The van der Waals surface area contributed by atoms with E-state index >= 15 is 26.3 Å². The molecule has 380 valence electrons. The fourth-order valence-corrected chi connectivity index (χ4v) is 12.6. The van der Waals surface area contributed by atoms with Gasteiger partial charge in [-0.05, 0) is 131 Å². The van der Waals surface area contributed by atoms with Gasteiger partial charge in [-0.25, -0.2) is 26.3 Å². The molecule has 11 aromatic carbocycles. The van der Waals surface area contributed by atoms with Crippen LogP contribution >= 0.6 is 0 Å². The maximum absolute atomic E-state index is 17.1. The fraction of sp³-hybridized carbons (Fsp3) is 0.0278. The first-order chi connectivity index (χ1) is 38.5. The third-order valence-electron chi connectivity index (χ3n) is 15.9. The van der Waals surface area contributed by atoms with Gasteiger partial charge in [0.15, 0.2) is 0 Å². The molecule has 0 amide bonds. The number of nitrogens with zero attached hydrogens (tertiary/aromatic N) is 1. The number of rotatable bonds is 11. The Morgan fingerprint density at radius 1 is 0.304 bits per heavy atom. The van der Waals surface area contributed by atoms with Crippen LogP contribution in [0.5, 0.6) is 0 Å². The van der Waals surface area contributed by atoms with Crippen molar-refractivity contribution in [1.29, 1.82) is 0 Å². The third-order valence-corrected chi connectivity index (χ3v) is 15.9. The zero-order valence-electron chi connectivity index (χ0n) is 42.3. The van der Waals surface area contributed by atoms with Crippen LogP contribution in [0.4, 0.5) is 43.4 Å². The Hall–Kier alpha value is -9.72. The highest BCUT2D eigenvalue weighted by molar-refractivity contribution is 5.93. The van der Waals surface area contributed by atoms with Crippen LogP contribution in [0.1, 0.15) is 55.6 Å². The van der Waals surface area contributed by atoms with Gasteiger partial charge in [-0.15, -0.1) is 0 Å². The van der Waals surface area contributed by atoms with Crippen LogP contribution in [0.25, 0.3) is 56.7 Å². The van der Waals surface area contributed by atoms with Gasteiger partial charge in [0.05, 0.1) is 10.8 Å². The lowest BCUT2D eigenvalue weighted by atomic mass is 9.67. The van der Waals surface area contributed by atoms with Gasteiger partial charge in [0.2, 0.25) is 0 Å². The van der Waals surface area contributed by atoms with Gasteiger partial charge < -0.3 is 4.90 Å². The quantitative estimate of drug-likeness (QED) is 0.117. The predicted octanol–water partition coefficient (Wildman–Crippen LogP) is 19.3. The maximum Gasteiger partial charge on any atom is 0.133 e. The maximum atomic E-state index is 17.1. The summed E-state index contributed by atoms with van der Waals surface area (Å²) < 4.78 is 98.6. The molecule has 0 bridgehead atoms. The Balaban J connectivity index is 1.11. The first-order valence-electron chi connectivity index (χ1n) is 25.8. The first kappa shape index (κ1) is 48.9. The number of fused-ring (bicyclic) bond motifs is 6. The molecule has 1 nitrogen and oxygen atoms in total. The number of benzene rings is 11. The molecule has 0 N–H and O–H groups in total. The lowest BCUT2D eigenvalue weighted by molar-refractivity contribution is 0.502. The highest BCUT2D eigenvalue weighted by atomic mass is 19.2. The van der Waals surface area contributed by atoms with E-state index in [9.17, 15) is 0 Å². The van der Waals surface area contributed by atoms with E-state index in [4.69, 9.17) is 0 Å². The second kappa shape index (κ2) is 19.1. The van der Waals surface area contributed by atoms with Crippen molar-refractivity contribution >= 4 is 29.2 Å².